The van der Waals surface area contributed by atoms with Gasteiger partial charge in [0.2, 0.25) is 0 Å². The lowest BCUT2D eigenvalue weighted by molar-refractivity contribution is 0.0793. The molecule has 3 aromatic carbocycles. The second kappa shape index (κ2) is 9.59. The largest absolute Gasteiger partial charge is 0.342 e. The summed E-state index contributed by atoms with van der Waals surface area (Å²) in [6.45, 7) is 0.592. The van der Waals surface area contributed by atoms with Crippen LogP contribution in [0.15, 0.2) is 89.8 Å². The van der Waals surface area contributed by atoms with Gasteiger partial charge in [0.15, 0.2) is 0 Å². The normalized spacial score (nSPS) is 11.1. The van der Waals surface area contributed by atoms with Gasteiger partial charge in [-0.15, -0.1) is 0 Å². The first-order valence-corrected chi connectivity index (χ1v) is 11.3. The second-order valence-corrected chi connectivity index (χ2v) is 9.12. The molecule has 0 aliphatic heterocycles. The van der Waals surface area contributed by atoms with Gasteiger partial charge in [-0.1, -0.05) is 54.6 Å². The Bertz CT molecular complexity index is 1080. The van der Waals surface area contributed by atoms with E-state index in [1.165, 1.54) is 29.0 Å². The van der Waals surface area contributed by atoms with Crippen LogP contribution in [0, 0.1) is 0 Å². The number of hydrogen-bond acceptors (Lipinski definition) is 3. The van der Waals surface area contributed by atoms with Crippen molar-refractivity contribution < 1.29 is 13.2 Å². The summed E-state index contributed by atoms with van der Waals surface area (Å²) in [5, 5.41) is 0. The van der Waals surface area contributed by atoms with E-state index in [0.29, 0.717) is 17.8 Å². The molecule has 0 aromatic heterocycles. The number of hydrogen-bond donors (Lipinski definition) is 0. The average Bonchev–Trinajstić information content (AvgIpc) is 2.79. The van der Waals surface area contributed by atoms with Gasteiger partial charge in [-0.2, -0.15) is 0 Å². The Morgan fingerprint density at radius 1 is 0.833 bits per heavy atom. The van der Waals surface area contributed by atoms with E-state index in [1.807, 2.05) is 24.3 Å². The zero-order chi connectivity index (χ0) is 21.6. The van der Waals surface area contributed by atoms with Gasteiger partial charge in [0.05, 0.1) is 10.6 Å². The Morgan fingerprint density at radius 2 is 1.47 bits per heavy atom. The highest BCUT2D eigenvalue weighted by Crippen LogP contribution is 2.22. The molecule has 0 spiro atoms. The standard InChI is InChI=1S/C24H26N2O3S/c1-25(18-10-13-20-11-5-3-6-12-20)24(27)21-14-9-17-23(19-21)30(28,29)26(2)22-15-7-4-8-16-22/h3-9,11-12,14-17,19H,10,13,18H2,1-2H3. The first-order valence-electron chi connectivity index (χ1n) is 9.83. The quantitative estimate of drug-likeness (QED) is 0.546. The summed E-state index contributed by atoms with van der Waals surface area (Å²) >= 11 is 0. The Kier molecular flexibility index (Phi) is 6.90. The predicted molar refractivity (Wildman–Crippen MR) is 120 cm³/mol. The zero-order valence-corrected chi connectivity index (χ0v) is 18.0. The fraction of sp³-hybridized carbons (Fsp3) is 0.208. The maximum Gasteiger partial charge on any atom is 0.264 e. The number of carbonyl (C=O) groups excluding carboxylic acids is 1. The van der Waals surface area contributed by atoms with Crippen LogP contribution in [0.2, 0.25) is 0 Å². The van der Waals surface area contributed by atoms with E-state index < -0.39 is 10.0 Å². The van der Waals surface area contributed by atoms with Crippen LogP contribution in [0.1, 0.15) is 22.3 Å². The van der Waals surface area contributed by atoms with Crippen molar-refractivity contribution in [3.8, 4) is 0 Å². The molecule has 0 atom stereocenters. The number of sulfonamides is 1. The van der Waals surface area contributed by atoms with Crippen molar-refractivity contribution in [2.45, 2.75) is 17.7 Å². The van der Waals surface area contributed by atoms with Crippen LogP contribution in [0.25, 0.3) is 0 Å². The Hall–Kier alpha value is -3.12. The smallest absolute Gasteiger partial charge is 0.264 e. The minimum Gasteiger partial charge on any atom is -0.342 e. The second-order valence-electron chi connectivity index (χ2n) is 7.15. The third-order valence-corrected chi connectivity index (χ3v) is 6.79. The lowest BCUT2D eigenvalue weighted by Crippen LogP contribution is -2.29. The number of benzene rings is 3. The molecule has 0 bridgehead atoms. The molecule has 3 rings (SSSR count). The predicted octanol–water partition coefficient (Wildman–Crippen LogP) is 4.22. The molecule has 0 heterocycles. The number of rotatable bonds is 8. The van der Waals surface area contributed by atoms with Crippen LogP contribution >= 0.6 is 0 Å². The highest BCUT2D eigenvalue weighted by Gasteiger charge is 2.23. The van der Waals surface area contributed by atoms with Gasteiger partial charge in [-0.05, 0) is 48.7 Å². The molecular formula is C24H26N2O3S. The van der Waals surface area contributed by atoms with Gasteiger partial charge in [0.25, 0.3) is 15.9 Å². The molecule has 0 fully saturated rings. The monoisotopic (exact) mass is 422 g/mol. The molecule has 156 valence electrons. The van der Waals surface area contributed by atoms with Crippen molar-refractivity contribution in [2.75, 3.05) is 24.9 Å². The lowest BCUT2D eigenvalue weighted by atomic mass is 10.1. The summed E-state index contributed by atoms with van der Waals surface area (Å²) in [6.07, 6.45) is 1.72. The van der Waals surface area contributed by atoms with Crippen LogP contribution in [0.4, 0.5) is 5.69 Å². The van der Waals surface area contributed by atoms with E-state index in [4.69, 9.17) is 0 Å². The first kappa shape index (κ1) is 21.6. The Balaban J connectivity index is 1.70. The van der Waals surface area contributed by atoms with Gasteiger partial charge < -0.3 is 4.90 Å². The Labute approximate surface area is 178 Å². The molecule has 0 unspecified atom stereocenters. The molecule has 0 saturated carbocycles. The Morgan fingerprint density at radius 3 is 2.13 bits per heavy atom. The molecule has 1 amide bonds. The molecule has 0 aliphatic carbocycles. The molecule has 0 aliphatic rings. The maximum absolute atomic E-state index is 13.0. The van der Waals surface area contributed by atoms with Crippen LogP contribution < -0.4 is 4.31 Å². The van der Waals surface area contributed by atoms with Gasteiger partial charge in [0.1, 0.15) is 0 Å². The molecule has 3 aromatic rings. The summed E-state index contributed by atoms with van der Waals surface area (Å²) in [5.74, 6) is -0.192. The van der Waals surface area contributed by atoms with Crippen LogP contribution in [-0.4, -0.2) is 39.9 Å². The molecule has 0 radical (unpaired) electrons. The van der Waals surface area contributed by atoms with Crippen LogP contribution in [-0.2, 0) is 16.4 Å². The fourth-order valence-corrected chi connectivity index (χ4v) is 4.45. The molecular weight excluding hydrogens is 396 g/mol. The van der Waals surface area contributed by atoms with Crippen LogP contribution in [0.3, 0.4) is 0 Å². The third-order valence-electron chi connectivity index (χ3n) is 5.01. The van der Waals surface area contributed by atoms with E-state index in [1.54, 1.807) is 48.3 Å². The summed E-state index contributed by atoms with van der Waals surface area (Å²) < 4.78 is 27.2. The van der Waals surface area contributed by atoms with E-state index in [2.05, 4.69) is 12.1 Å². The number of para-hydroxylation sites is 1. The van der Waals surface area contributed by atoms with Crippen LogP contribution in [0.5, 0.6) is 0 Å². The van der Waals surface area contributed by atoms with E-state index in [0.717, 1.165) is 12.8 Å². The minimum atomic E-state index is -3.76. The van der Waals surface area contributed by atoms with E-state index >= 15 is 0 Å². The minimum absolute atomic E-state index is 0.0948. The number of aryl methyl sites for hydroxylation is 1. The van der Waals surface area contributed by atoms with Crippen molar-refractivity contribution in [1.82, 2.24) is 4.90 Å². The molecule has 6 heteroatoms. The summed E-state index contributed by atoms with van der Waals surface area (Å²) in [6, 6.07) is 25.2. The van der Waals surface area contributed by atoms with Gasteiger partial charge in [0, 0.05) is 26.2 Å². The molecule has 30 heavy (non-hydrogen) atoms. The lowest BCUT2D eigenvalue weighted by Gasteiger charge is -2.21. The van der Waals surface area contributed by atoms with E-state index in [9.17, 15) is 13.2 Å². The van der Waals surface area contributed by atoms with E-state index in [-0.39, 0.29) is 10.8 Å². The van der Waals surface area contributed by atoms with Crippen molar-refractivity contribution >= 4 is 21.6 Å². The summed E-state index contributed by atoms with van der Waals surface area (Å²) in [7, 11) is -0.515. The molecule has 0 N–H and O–H groups in total. The van der Waals surface area contributed by atoms with Gasteiger partial charge in [-0.25, -0.2) is 8.42 Å². The van der Waals surface area contributed by atoms with Gasteiger partial charge >= 0.3 is 0 Å². The molecule has 5 nitrogen and oxygen atoms in total. The SMILES string of the molecule is CN(CCCc1ccccc1)C(=O)c1cccc(S(=O)(=O)N(C)c2ccccc2)c1. The van der Waals surface area contributed by atoms with Crippen molar-refractivity contribution in [3.05, 3.63) is 96.1 Å². The van der Waals surface area contributed by atoms with Crippen molar-refractivity contribution in [3.63, 3.8) is 0 Å². The highest BCUT2D eigenvalue weighted by molar-refractivity contribution is 7.92. The highest BCUT2D eigenvalue weighted by atomic mass is 32.2. The number of amides is 1. The first-order chi connectivity index (χ1) is 14.4. The number of carbonyl (C=O) groups is 1. The molecule has 0 saturated heterocycles. The fourth-order valence-electron chi connectivity index (χ4n) is 3.21. The number of nitrogens with zero attached hydrogens (tertiary/aromatic N) is 2. The van der Waals surface area contributed by atoms with Crippen molar-refractivity contribution in [1.29, 1.82) is 0 Å². The third kappa shape index (κ3) is 5.07. The van der Waals surface area contributed by atoms with Gasteiger partial charge in [-0.3, -0.25) is 9.10 Å². The average molecular weight is 423 g/mol. The maximum atomic E-state index is 13.0. The van der Waals surface area contributed by atoms with Crippen molar-refractivity contribution in [2.24, 2.45) is 0 Å². The zero-order valence-electron chi connectivity index (χ0n) is 17.2. The number of anilines is 1. The summed E-state index contributed by atoms with van der Waals surface area (Å²) in [4.78, 5) is 14.6. The topological polar surface area (TPSA) is 57.7 Å². The summed E-state index contributed by atoms with van der Waals surface area (Å²) in [5.41, 5.74) is 2.15.